The fraction of sp³-hybridized carbons (Fsp3) is 0.455. The van der Waals surface area contributed by atoms with Crippen LogP contribution in [0.2, 0.25) is 0 Å². The minimum atomic E-state index is -4.59. The Morgan fingerprint density at radius 2 is 1.95 bits per heavy atom. The average Bonchev–Trinajstić information content (AvgIpc) is 2.24. The molecule has 0 aliphatic carbocycles. The maximum atomic E-state index is 12.5. The summed E-state index contributed by atoms with van der Waals surface area (Å²) in [6.07, 6.45) is -3.72. The van der Waals surface area contributed by atoms with E-state index in [0.29, 0.717) is 6.07 Å². The Kier molecular flexibility index (Phi) is 4.63. The fourth-order valence-corrected chi connectivity index (χ4v) is 2.53. The minimum absolute atomic E-state index is 0.363. The van der Waals surface area contributed by atoms with Gasteiger partial charge in [0.2, 0.25) is 5.91 Å². The number of nitrogens with zero attached hydrogens (tertiary/aromatic N) is 1. The molecule has 1 amide bonds. The zero-order valence-corrected chi connectivity index (χ0v) is 11.9. The second-order valence-corrected chi connectivity index (χ2v) is 6.44. The molecule has 0 radical (unpaired) electrons. The van der Waals surface area contributed by atoms with Gasteiger partial charge in [0.15, 0.2) is 0 Å². The molecule has 118 valence electrons. The van der Waals surface area contributed by atoms with Crippen molar-refractivity contribution in [2.75, 3.05) is 11.1 Å². The van der Waals surface area contributed by atoms with E-state index in [4.69, 9.17) is 4.55 Å². The van der Waals surface area contributed by atoms with E-state index in [1.54, 1.807) is 0 Å². The molecular formula is C11H13F3N2O4S. The summed E-state index contributed by atoms with van der Waals surface area (Å²) in [5, 5.41) is 2.09. The van der Waals surface area contributed by atoms with Crippen molar-refractivity contribution in [2.45, 2.75) is 20.0 Å². The number of carbonyl (C=O) groups excluding carboxylic acids is 1. The standard InChI is InChI=1S/C11H13F3N2O4S/c1-10(2,6-21(18,19)20)9(17)16-8-5-7(3-4-15-8)11(12,13)14/h3-5H,6H2,1-2H3,(H,15,16,17)(H,18,19,20). The summed E-state index contributed by atoms with van der Waals surface area (Å²) >= 11 is 0. The summed E-state index contributed by atoms with van der Waals surface area (Å²) in [6.45, 7) is 2.45. The van der Waals surface area contributed by atoms with Gasteiger partial charge in [-0.3, -0.25) is 9.35 Å². The molecule has 0 unspecified atom stereocenters. The molecule has 0 saturated carbocycles. The van der Waals surface area contributed by atoms with Crippen molar-refractivity contribution in [1.29, 1.82) is 0 Å². The van der Waals surface area contributed by atoms with Crippen molar-refractivity contribution < 1.29 is 30.9 Å². The van der Waals surface area contributed by atoms with Crippen LogP contribution in [0.3, 0.4) is 0 Å². The molecule has 0 saturated heterocycles. The molecule has 1 aromatic rings. The van der Waals surface area contributed by atoms with Crippen LogP contribution >= 0.6 is 0 Å². The maximum absolute atomic E-state index is 12.5. The molecule has 1 rings (SSSR count). The Hall–Kier alpha value is -1.68. The Balaban J connectivity index is 2.94. The van der Waals surface area contributed by atoms with Crippen LogP contribution in [0.15, 0.2) is 18.3 Å². The molecule has 0 bridgehead atoms. The zero-order valence-electron chi connectivity index (χ0n) is 11.1. The van der Waals surface area contributed by atoms with Crippen molar-refractivity contribution in [3.8, 4) is 0 Å². The van der Waals surface area contributed by atoms with Gasteiger partial charge in [-0.1, -0.05) is 0 Å². The number of nitrogens with one attached hydrogen (secondary N) is 1. The SMILES string of the molecule is CC(C)(CS(=O)(=O)O)C(=O)Nc1cc(C(F)(F)F)ccn1. The van der Waals surface area contributed by atoms with E-state index in [1.165, 1.54) is 13.8 Å². The summed E-state index contributed by atoms with van der Waals surface area (Å²) in [5.41, 5.74) is -2.54. The normalized spacial score (nSPS) is 13.0. The number of alkyl halides is 3. The number of amides is 1. The average molecular weight is 326 g/mol. The van der Waals surface area contributed by atoms with Crippen LogP contribution in [0.4, 0.5) is 19.0 Å². The van der Waals surface area contributed by atoms with Crippen molar-refractivity contribution in [3.05, 3.63) is 23.9 Å². The highest BCUT2D eigenvalue weighted by molar-refractivity contribution is 7.85. The summed E-state index contributed by atoms with van der Waals surface area (Å²) in [7, 11) is -4.41. The maximum Gasteiger partial charge on any atom is 0.416 e. The smallest absolute Gasteiger partial charge is 0.310 e. The lowest BCUT2D eigenvalue weighted by Gasteiger charge is -2.21. The Morgan fingerprint density at radius 1 is 1.38 bits per heavy atom. The van der Waals surface area contributed by atoms with Crippen LogP contribution in [0.1, 0.15) is 19.4 Å². The fourth-order valence-electron chi connectivity index (χ4n) is 1.48. The van der Waals surface area contributed by atoms with Gasteiger partial charge >= 0.3 is 6.18 Å². The molecular weight excluding hydrogens is 313 g/mol. The summed E-state index contributed by atoms with van der Waals surface area (Å²) in [4.78, 5) is 15.4. The van der Waals surface area contributed by atoms with E-state index in [-0.39, 0.29) is 5.82 Å². The number of aromatic nitrogens is 1. The van der Waals surface area contributed by atoms with Gasteiger partial charge in [0.05, 0.1) is 16.7 Å². The minimum Gasteiger partial charge on any atom is -0.310 e. The lowest BCUT2D eigenvalue weighted by Crippen LogP contribution is -2.37. The summed E-state index contributed by atoms with van der Waals surface area (Å²) in [6, 6.07) is 1.36. The Morgan fingerprint density at radius 3 is 2.43 bits per heavy atom. The van der Waals surface area contributed by atoms with Gasteiger partial charge < -0.3 is 5.32 Å². The van der Waals surface area contributed by atoms with Crippen molar-refractivity contribution in [2.24, 2.45) is 5.41 Å². The van der Waals surface area contributed by atoms with Crippen molar-refractivity contribution >= 4 is 21.8 Å². The number of carbonyl (C=O) groups is 1. The van der Waals surface area contributed by atoms with Gasteiger partial charge in [0, 0.05) is 6.20 Å². The zero-order chi connectivity index (χ0) is 16.5. The van der Waals surface area contributed by atoms with Crippen LogP contribution in [0.25, 0.3) is 0 Å². The predicted octanol–water partition coefficient (Wildman–Crippen LogP) is 1.95. The molecule has 0 aliphatic rings. The molecule has 0 aromatic carbocycles. The van der Waals surface area contributed by atoms with Crippen LogP contribution in [0, 0.1) is 5.41 Å². The van der Waals surface area contributed by atoms with E-state index in [2.05, 4.69) is 10.3 Å². The van der Waals surface area contributed by atoms with Crippen molar-refractivity contribution in [3.63, 3.8) is 0 Å². The van der Waals surface area contributed by atoms with Crippen LogP contribution in [0.5, 0.6) is 0 Å². The largest absolute Gasteiger partial charge is 0.416 e. The quantitative estimate of drug-likeness (QED) is 0.825. The number of anilines is 1. The summed E-state index contributed by atoms with van der Waals surface area (Å²) in [5.74, 6) is -2.12. The second-order valence-electron chi connectivity index (χ2n) is 4.99. The van der Waals surface area contributed by atoms with E-state index in [9.17, 15) is 26.4 Å². The number of hydrogen-bond acceptors (Lipinski definition) is 4. The monoisotopic (exact) mass is 326 g/mol. The molecule has 0 fully saturated rings. The molecule has 1 heterocycles. The van der Waals surface area contributed by atoms with Gasteiger partial charge in [-0.25, -0.2) is 4.98 Å². The van der Waals surface area contributed by atoms with E-state index in [0.717, 1.165) is 12.3 Å². The highest BCUT2D eigenvalue weighted by Gasteiger charge is 2.34. The molecule has 0 atom stereocenters. The van der Waals surface area contributed by atoms with Gasteiger partial charge in [-0.05, 0) is 26.0 Å². The first-order valence-electron chi connectivity index (χ1n) is 5.61. The lowest BCUT2D eigenvalue weighted by atomic mass is 9.95. The molecule has 6 nitrogen and oxygen atoms in total. The predicted molar refractivity (Wildman–Crippen MR) is 68.1 cm³/mol. The third kappa shape index (κ3) is 5.31. The first-order chi connectivity index (χ1) is 9.31. The number of hydrogen-bond donors (Lipinski definition) is 2. The van der Waals surface area contributed by atoms with Gasteiger partial charge in [-0.15, -0.1) is 0 Å². The van der Waals surface area contributed by atoms with E-state index >= 15 is 0 Å². The van der Waals surface area contributed by atoms with E-state index < -0.39 is 38.9 Å². The summed E-state index contributed by atoms with van der Waals surface area (Å²) < 4.78 is 67.9. The lowest BCUT2D eigenvalue weighted by molar-refractivity contribution is -0.137. The van der Waals surface area contributed by atoms with Gasteiger partial charge in [-0.2, -0.15) is 21.6 Å². The van der Waals surface area contributed by atoms with Gasteiger partial charge in [0.25, 0.3) is 10.1 Å². The number of halogens is 3. The molecule has 10 heteroatoms. The highest BCUT2D eigenvalue weighted by atomic mass is 32.2. The highest BCUT2D eigenvalue weighted by Crippen LogP contribution is 2.30. The molecule has 0 aliphatic heterocycles. The van der Waals surface area contributed by atoms with Crippen molar-refractivity contribution in [1.82, 2.24) is 4.98 Å². The molecule has 2 N–H and O–H groups in total. The number of rotatable bonds is 4. The Bertz CT molecular complexity index is 641. The van der Waals surface area contributed by atoms with Crippen LogP contribution < -0.4 is 5.32 Å². The molecule has 0 spiro atoms. The second kappa shape index (κ2) is 5.60. The van der Waals surface area contributed by atoms with Gasteiger partial charge in [0.1, 0.15) is 5.82 Å². The van der Waals surface area contributed by atoms with Crippen LogP contribution in [-0.2, 0) is 21.1 Å². The first-order valence-corrected chi connectivity index (χ1v) is 7.22. The van der Waals surface area contributed by atoms with Crippen LogP contribution in [-0.4, -0.2) is 29.6 Å². The topological polar surface area (TPSA) is 96.4 Å². The third-order valence-corrected chi connectivity index (χ3v) is 3.57. The third-order valence-electron chi connectivity index (χ3n) is 2.49. The molecule has 1 aromatic heterocycles. The Labute approximate surface area is 119 Å². The van der Waals surface area contributed by atoms with E-state index in [1.807, 2.05) is 0 Å². The number of pyridine rings is 1. The first kappa shape index (κ1) is 17.4. The molecule has 21 heavy (non-hydrogen) atoms.